The molecule has 0 unspecified atom stereocenters. The zero-order valence-corrected chi connectivity index (χ0v) is 12.4. The molecule has 2 rings (SSSR count). The molecule has 1 aromatic heterocycles. The van der Waals surface area contributed by atoms with Gasteiger partial charge in [0, 0.05) is 32.9 Å². The molecule has 0 saturated heterocycles. The number of nitrogens with one attached hydrogen (secondary N) is 2. The van der Waals surface area contributed by atoms with E-state index in [1.807, 2.05) is 0 Å². The Morgan fingerprint density at radius 3 is 2.73 bits per heavy atom. The van der Waals surface area contributed by atoms with Crippen molar-refractivity contribution in [3.05, 3.63) is 48.0 Å². The van der Waals surface area contributed by atoms with E-state index in [0.29, 0.717) is 31.1 Å². The Bertz CT molecular complexity index is 598. The summed E-state index contributed by atoms with van der Waals surface area (Å²) < 4.78 is 19.3. The van der Waals surface area contributed by atoms with Crippen molar-refractivity contribution in [3.63, 3.8) is 0 Å². The first-order valence-corrected chi connectivity index (χ1v) is 7.00. The third kappa shape index (κ3) is 4.64. The van der Waals surface area contributed by atoms with E-state index in [0.717, 1.165) is 6.54 Å². The molecule has 2 aromatic rings. The number of carbonyl (C=O) groups is 1. The maximum absolute atomic E-state index is 12.9. The molecule has 0 atom stereocenters. The summed E-state index contributed by atoms with van der Waals surface area (Å²) in [5.74, 6) is -0.552. The maximum atomic E-state index is 12.9. The van der Waals surface area contributed by atoms with Crippen LogP contribution in [-0.2, 0) is 4.74 Å². The molecule has 0 aliphatic carbocycles. The minimum atomic E-state index is -0.310. The molecule has 22 heavy (non-hydrogen) atoms. The standard InChI is InChI=1S/C15H19FN4O2/c1-22-11-9-17-7-8-18-15(21)14-6-10-20(19-14)13-4-2-12(16)3-5-13/h2-6,10,17H,7-9,11H2,1H3,(H,18,21). The predicted molar refractivity (Wildman–Crippen MR) is 80.6 cm³/mol. The Labute approximate surface area is 128 Å². The van der Waals surface area contributed by atoms with E-state index in [2.05, 4.69) is 15.7 Å². The molecule has 7 heteroatoms. The van der Waals surface area contributed by atoms with Crippen LogP contribution in [-0.4, -0.2) is 49.0 Å². The summed E-state index contributed by atoms with van der Waals surface area (Å²) in [5.41, 5.74) is 1.02. The molecule has 6 nitrogen and oxygen atoms in total. The summed E-state index contributed by atoms with van der Waals surface area (Å²) in [7, 11) is 1.64. The van der Waals surface area contributed by atoms with Crippen molar-refractivity contribution in [1.82, 2.24) is 20.4 Å². The zero-order chi connectivity index (χ0) is 15.8. The largest absolute Gasteiger partial charge is 0.383 e. The fourth-order valence-corrected chi connectivity index (χ4v) is 1.84. The number of hydrogen-bond acceptors (Lipinski definition) is 4. The minimum Gasteiger partial charge on any atom is -0.383 e. The topological polar surface area (TPSA) is 68.2 Å². The lowest BCUT2D eigenvalue weighted by molar-refractivity contribution is 0.0948. The highest BCUT2D eigenvalue weighted by atomic mass is 19.1. The van der Waals surface area contributed by atoms with E-state index in [9.17, 15) is 9.18 Å². The summed E-state index contributed by atoms with van der Waals surface area (Å²) in [5, 5.41) is 10.1. The average molecular weight is 306 g/mol. The Morgan fingerprint density at radius 2 is 2.00 bits per heavy atom. The average Bonchev–Trinajstić information content (AvgIpc) is 3.01. The number of amides is 1. The molecule has 0 bridgehead atoms. The maximum Gasteiger partial charge on any atom is 0.271 e. The predicted octanol–water partition coefficient (Wildman–Crippen LogP) is 0.977. The number of hydrogen-bond donors (Lipinski definition) is 2. The Morgan fingerprint density at radius 1 is 1.23 bits per heavy atom. The number of benzene rings is 1. The smallest absolute Gasteiger partial charge is 0.271 e. The van der Waals surface area contributed by atoms with Gasteiger partial charge in [-0.1, -0.05) is 0 Å². The highest BCUT2D eigenvalue weighted by molar-refractivity contribution is 5.92. The first-order chi connectivity index (χ1) is 10.7. The van der Waals surface area contributed by atoms with Crippen LogP contribution in [0.2, 0.25) is 0 Å². The molecule has 0 aliphatic rings. The van der Waals surface area contributed by atoms with Gasteiger partial charge in [-0.05, 0) is 30.3 Å². The van der Waals surface area contributed by atoms with Crippen molar-refractivity contribution in [1.29, 1.82) is 0 Å². The number of aromatic nitrogens is 2. The van der Waals surface area contributed by atoms with Gasteiger partial charge in [-0.2, -0.15) is 5.10 Å². The van der Waals surface area contributed by atoms with Crippen LogP contribution in [0.3, 0.4) is 0 Å². The van der Waals surface area contributed by atoms with Crippen LogP contribution in [0.5, 0.6) is 0 Å². The quantitative estimate of drug-likeness (QED) is 0.713. The Hall–Kier alpha value is -2.25. The molecule has 0 radical (unpaired) electrons. The number of carbonyl (C=O) groups excluding carboxylic acids is 1. The van der Waals surface area contributed by atoms with Crippen molar-refractivity contribution >= 4 is 5.91 Å². The van der Waals surface area contributed by atoms with Gasteiger partial charge in [0.2, 0.25) is 0 Å². The van der Waals surface area contributed by atoms with Gasteiger partial charge in [-0.25, -0.2) is 9.07 Å². The van der Waals surface area contributed by atoms with Gasteiger partial charge in [0.25, 0.3) is 5.91 Å². The van der Waals surface area contributed by atoms with E-state index in [1.54, 1.807) is 31.5 Å². The summed E-state index contributed by atoms with van der Waals surface area (Å²) in [4.78, 5) is 11.9. The SMILES string of the molecule is COCCNCCNC(=O)c1ccn(-c2ccc(F)cc2)n1. The Kier molecular flexibility index (Phi) is 6.05. The second-order valence-corrected chi connectivity index (χ2v) is 4.62. The van der Waals surface area contributed by atoms with E-state index in [4.69, 9.17) is 4.74 Å². The van der Waals surface area contributed by atoms with Gasteiger partial charge in [0.1, 0.15) is 5.82 Å². The summed E-state index contributed by atoms with van der Waals surface area (Å²) >= 11 is 0. The molecule has 2 N–H and O–H groups in total. The lowest BCUT2D eigenvalue weighted by Gasteiger charge is -2.05. The monoisotopic (exact) mass is 306 g/mol. The molecule has 118 valence electrons. The van der Waals surface area contributed by atoms with Crippen molar-refractivity contribution < 1.29 is 13.9 Å². The highest BCUT2D eigenvalue weighted by Gasteiger charge is 2.09. The number of ether oxygens (including phenoxy) is 1. The number of rotatable bonds is 8. The summed E-state index contributed by atoms with van der Waals surface area (Å²) in [6.45, 7) is 2.54. The van der Waals surface area contributed by atoms with Crippen LogP contribution in [0, 0.1) is 5.82 Å². The van der Waals surface area contributed by atoms with Gasteiger partial charge in [-0.15, -0.1) is 0 Å². The molecule has 1 aromatic carbocycles. The molecule has 0 fully saturated rings. The van der Waals surface area contributed by atoms with Crippen molar-refractivity contribution in [2.75, 3.05) is 33.4 Å². The highest BCUT2D eigenvalue weighted by Crippen LogP contribution is 2.08. The third-order valence-corrected chi connectivity index (χ3v) is 2.98. The molecular weight excluding hydrogens is 287 g/mol. The molecule has 0 saturated carbocycles. The zero-order valence-electron chi connectivity index (χ0n) is 12.4. The lowest BCUT2D eigenvalue weighted by atomic mass is 10.3. The van der Waals surface area contributed by atoms with E-state index in [1.165, 1.54) is 16.8 Å². The van der Waals surface area contributed by atoms with Crippen molar-refractivity contribution in [2.45, 2.75) is 0 Å². The fourth-order valence-electron chi connectivity index (χ4n) is 1.84. The van der Waals surface area contributed by atoms with E-state index < -0.39 is 0 Å². The van der Waals surface area contributed by atoms with E-state index >= 15 is 0 Å². The number of halogens is 1. The first kappa shape index (κ1) is 16.1. The van der Waals surface area contributed by atoms with Gasteiger partial charge < -0.3 is 15.4 Å². The third-order valence-electron chi connectivity index (χ3n) is 2.98. The van der Waals surface area contributed by atoms with E-state index in [-0.39, 0.29) is 11.7 Å². The number of methoxy groups -OCH3 is 1. The van der Waals surface area contributed by atoms with Crippen LogP contribution in [0.4, 0.5) is 4.39 Å². The second-order valence-electron chi connectivity index (χ2n) is 4.62. The molecular formula is C15H19FN4O2. The van der Waals surface area contributed by atoms with Gasteiger partial charge >= 0.3 is 0 Å². The molecule has 1 amide bonds. The van der Waals surface area contributed by atoms with Gasteiger partial charge in [-0.3, -0.25) is 4.79 Å². The molecule has 0 aliphatic heterocycles. The second kappa shape index (κ2) is 8.26. The van der Waals surface area contributed by atoms with Crippen molar-refractivity contribution in [2.24, 2.45) is 0 Å². The fraction of sp³-hybridized carbons (Fsp3) is 0.333. The molecule has 0 spiro atoms. The summed E-state index contributed by atoms with van der Waals surface area (Å²) in [6.07, 6.45) is 1.67. The van der Waals surface area contributed by atoms with Crippen LogP contribution in [0.15, 0.2) is 36.5 Å². The van der Waals surface area contributed by atoms with Crippen LogP contribution >= 0.6 is 0 Å². The number of nitrogens with zero attached hydrogens (tertiary/aromatic N) is 2. The first-order valence-electron chi connectivity index (χ1n) is 7.00. The molecule has 1 heterocycles. The normalized spacial score (nSPS) is 10.6. The Balaban J connectivity index is 1.83. The van der Waals surface area contributed by atoms with Crippen molar-refractivity contribution in [3.8, 4) is 5.69 Å². The lowest BCUT2D eigenvalue weighted by Crippen LogP contribution is -2.33. The van der Waals surface area contributed by atoms with Crippen LogP contribution in [0.25, 0.3) is 5.69 Å². The van der Waals surface area contributed by atoms with Crippen LogP contribution in [0.1, 0.15) is 10.5 Å². The van der Waals surface area contributed by atoms with Crippen LogP contribution < -0.4 is 10.6 Å². The minimum absolute atomic E-state index is 0.241. The van der Waals surface area contributed by atoms with Gasteiger partial charge in [0.15, 0.2) is 5.69 Å². The van der Waals surface area contributed by atoms with Gasteiger partial charge in [0.05, 0.1) is 12.3 Å². The summed E-state index contributed by atoms with van der Waals surface area (Å²) in [6, 6.07) is 7.52.